The maximum absolute atomic E-state index is 12.6. The average Bonchev–Trinajstić information content (AvgIpc) is 2.29. The van der Waals surface area contributed by atoms with E-state index in [1.165, 1.54) is 24.3 Å². The highest BCUT2D eigenvalue weighted by Gasteiger charge is 2.48. The molecule has 0 radical (unpaired) electrons. The molecule has 0 aliphatic rings. The van der Waals surface area contributed by atoms with Crippen LogP contribution in [0.25, 0.3) is 0 Å². The van der Waals surface area contributed by atoms with Crippen molar-refractivity contribution < 1.29 is 27.2 Å². The third kappa shape index (κ3) is 3.12. The number of rotatable bonds is 5. The fourth-order valence-corrected chi connectivity index (χ4v) is 1.11. The highest BCUT2D eigenvalue weighted by molar-refractivity contribution is 6.09. The first-order valence-electron chi connectivity index (χ1n) is 4.63. The summed E-state index contributed by atoms with van der Waals surface area (Å²) in [6.07, 6.45) is -5.33. The molecular weight excluding hydrogens is 240 g/mol. The van der Waals surface area contributed by atoms with Gasteiger partial charge in [0, 0.05) is 5.56 Å². The van der Waals surface area contributed by atoms with Crippen molar-refractivity contribution in [1.29, 1.82) is 0 Å². The Labute approximate surface area is 94.2 Å². The van der Waals surface area contributed by atoms with Crippen molar-refractivity contribution in [2.45, 2.75) is 18.8 Å². The SMILES string of the molecule is O=C(CC(=O)C(F)(F)C(F)F)c1ccccc1. The Morgan fingerprint density at radius 2 is 1.65 bits per heavy atom. The van der Waals surface area contributed by atoms with Crippen LogP contribution in [0.5, 0.6) is 0 Å². The van der Waals surface area contributed by atoms with E-state index in [2.05, 4.69) is 0 Å². The molecule has 6 heteroatoms. The van der Waals surface area contributed by atoms with Crippen molar-refractivity contribution in [3.05, 3.63) is 35.9 Å². The number of carbonyl (C=O) groups excluding carboxylic acids is 2. The molecule has 0 unspecified atom stereocenters. The van der Waals surface area contributed by atoms with Gasteiger partial charge in [0.15, 0.2) is 5.78 Å². The van der Waals surface area contributed by atoms with Gasteiger partial charge in [-0.2, -0.15) is 8.78 Å². The summed E-state index contributed by atoms with van der Waals surface area (Å²) in [5.74, 6) is -7.75. The van der Waals surface area contributed by atoms with Gasteiger partial charge in [-0.1, -0.05) is 30.3 Å². The van der Waals surface area contributed by atoms with Crippen LogP contribution in [0.4, 0.5) is 17.6 Å². The normalized spacial score (nSPS) is 11.6. The van der Waals surface area contributed by atoms with Crippen LogP contribution in [0.15, 0.2) is 30.3 Å². The number of Topliss-reactive ketones (excluding diaryl/α,β-unsaturated/α-hetero) is 2. The topological polar surface area (TPSA) is 34.1 Å². The lowest BCUT2D eigenvalue weighted by molar-refractivity contribution is -0.166. The smallest absolute Gasteiger partial charge is 0.294 e. The zero-order valence-corrected chi connectivity index (χ0v) is 8.50. The predicted octanol–water partition coefficient (Wildman–Crippen LogP) is 2.73. The third-order valence-corrected chi connectivity index (χ3v) is 2.06. The lowest BCUT2D eigenvalue weighted by Crippen LogP contribution is -2.37. The van der Waals surface area contributed by atoms with Crippen molar-refractivity contribution in [3.63, 3.8) is 0 Å². The molecule has 1 aromatic carbocycles. The van der Waals surface area contributed by atoms with Gasteiger partial charge in [0.25, 0.3) is 0 Å². The fraction of sp³-hybridized carbons (Fsp3) is 0.273. The van der Waals surface area contributed by atoms with Gasteiger partial charge in [-0.25, -0.2) is 8.78 Å². The van der Waals surface area contributed by atoms with E-state index in [0.717, 1.165) is 0 Å². The van der Waals surface area contributed by atoms with E-state index in [0.29, 0.717) is 0 Å². The molecule has 0 heterocycles. The number of ketones is 2. The Morgan fingerprint density at radius 1 is 1.12 bits per heavy atom. The van der Waals surface area contributed by atoms with Gasteiger partial charge >= 0.3 is 12.3 Å². The molecule has 17 heavy (non-hydrogen) atoms. The first kappa shape index (κ1) is 13.3. The number of hydrogen-bond donors (Lipinski definition) is 0. The maximum atomic E-state index is 12.6. The molecular formula is C11H8F4O2. The second-order valence-electron chi connectivity index (χ2n) is 3.31. The molecule has 1 aromatic rings. The van der Waals surface area contributed by atoms with E-state index in [9.17, 15) is 27.2 Å². The minimum Gasteiger partial charge on any atom is -0.294 e. The van der Waals surface area contributed by atoms with Crippen LogP contribution in [0, 0.1) is 0 Å². The lowest BCUT2D eigenvalue weighted by Gasteiger charge is -2.12. The van der Waals surface area contributed by atoms with Gasteiger partial charge in [0.1, 0.15) is 0 Å². The van der Waals surface area contributed by atoms with E-state index in [1.54, 1.807) is 6.07 Å². The van der Waals surface area contributed by atoms with Crippen LogP contribution < -0.4 is 0 Å². The van der Waals surface area contributed by atoms with Gasteiger partial charge < -0.3 is 0 Å². The molecule has 1 rings (SSSR count). The Bertz CT molecular complexity index is 415. The molecule has 0 amide bonds. The summed E-state index contributed by atoms with van der Waals surface area (Å²) in [7, 11) is 0. The highest BCUT2D eigenvalue weighted by Crippen LogP contribution is 2.25. The van der Waals surface area contributed by atoms with Crippen molar-refractivity contribution >= 4 is 11.6 Å². The largest absolute Gasteiger partial charge is 0.364 e. The van der Waals surface area contributed by atoms with Gasteiger partial charge in [-0.05, 0) is 0 Å². The minimum absolute atomic E-state index is 0.0333. The summed E-state index contributed by atoms with van der Waals surface area (Å²) >= 11 is 0. The van der Waals surface area contributed by atoms with Crippen LogP contribution in [-0.4, -0.2) is 23.9 Å². The molecule has 0 aliphatic carbocycles. The molecule has 0 fully saturated rings. The van der Waals surface area contributed by atoms with Crippen molar-refractivity contribution in [2.24, 2.45) is 0 Å². The Morgan fingerprint density at radius 3 is 2.12 bits per heavy atom. The van der Waals surface area contributed by atoms with Crippen LogP contribution in [0.2, 0.25) is 0 Å². The maximum Gasteiger partial charge on any atom is 0.364 e. The number of alkyl halides is 4. The summed E-state index contributed by atoms with van der Waals surface area (Å²) in [5, 5.41) is 0. The molecule has 0 saturated carbocycles. The number of halogens is 4. The first-order valence-corrected chi connectivity index (χ1v) is 4.63. The monoisotopic (exact) mass is 248 g/mol. The number of carbonyl (C=O) groups is 2. The summed E-state index contributed by atoms with van der Waals surface area (Å²) in [6, 6.07) is 7.17. The molecule has 92 valence electrons. The molecule has 2 nitrogen and oxygen atoms in total. The van der Waals surface area contributed by atoms with Gasteiger partial charge in [0.05, 0.1) is 6.42 Å². The zero-order chi connectivity index (χ0) is 13.1. The molecule has 0 saturated heterocycles. The fourth-order valence-electron chi connectivity index (χ4n) is 1.11. The quantitative estimate of drug-likeness (QED) is 0.456. The van der Waals surface area contributed by atoms with Crippen LogP contribution in [0.1, 0.15) is 16.8 Å². The second-order valence-corrected chi connectivity index (χ2v) is 3.31. The summed E-state index contributed by atoms with van der Waals surface area (Å²) in [5.41, 5.74) is 0.0333. The lowest BCUT2D eigenvalue weighted by atomic mass is 10.0. The van der Waals surface area contributed by atoms with Crippen molar-refractivity contribution in [1.82, 2.24) is 0 Å². The molecule has 0 atom stereocenters. The Kier molecular flexibility index (Phi) is 3.98. The van der Waals surface area contributed by atoms with Crippen LogP contribution in [0.3, 0.4) is 0 Å². The number of benzene rings is 1. The predicted molar refractivity (Wildman–Crippen MR) is 51.3 cm³/mol. The molecule has 0 N–H and O–H groups in total. The third-order valence-electron chi connectivity index (χ3n) is 2.06. The first-order chi connectivity index (χ1) is 7.85. The van der Waals surface area contributed by atoms with Crippen LogP contribution >= 0.6 is 0 Å². The van der Waals surface area contributed by atoms with E-state index >= 15 is 0 Å². The van der Waals surface area contributed by atoms with E-state index in [1.807, 2.05) is 0 Å². The Balaban J connectivity index is 2.74. The van der Waals surface area contributed by atoms with Crippen LogP contribution in [-0.2, 0) is 4.79 Å². The molecule has 0 spiro atoms. The van der Waals surface area contributed by atoms with E-state index < -0.39 is 30.3 Å². The molecule has 0 bridgehead atoms. The summed E-state index contributed by atoms with van der Waals surface area (Å²) in [6.45, 7) is 0. The molecule has 0 aromatic heterocycles. The summed E-state index contributed by atoms with van der Waals surface area (Å²) in [4.78, 5) is 22.2. The van der Waals surface area contributed by atoms with Crippen molar-refractivity contribution in [2.75, 3.05) is 0 Å². The second kappa shape index (κ2) is 5.07. The number of hydrogen-bond acceptors (Lipinski definition) is 2. The summed E-state index contributed by atoms with van der Waals surface area (Å²) < 4.78 is 48.8. The van der Waals surface area contributed by atoms with E-state index in [4.69, 9.17) is 0 Å². The van der Waals surface area contributed by atoms with E-state index in [-0.39, 0.29) is 5.56 Å². The van der Waals surface area contributed by atoms with Gasteiger partial charge in [-0.3, -0.25) is 9.59 Å². The van der Waals surface area contributed by atoms with Gasteiger partial charge in [0.2, 0.25) is 5.78 Å². The van der Waals surface area contributed by atoms with Crippen molar-refractivity contribution in [3.8, 4) is 0 Å². The average molecular weight is 248 g/mol. The van der Waals surface area contributed by atoms with Gasteiger partial charge in [-0.15, -0.1) is 0 Å². The Hall–Kier alpha value is -1.72. The highest BCUT2D eigenvalue weighted by atomic mass is 19.3. The molecule has 0 aliphatic heterocycles. The minimum atomic E-state index is -4.77. The zero-order valence-electron chi connectivity index (χ0n) is 8.50. The standard InChI is InChI=1S/C11H8F4O2/c12-10(13)11(14,15)9(17)6-8(16)7-4-2-1-3-5-7/h1-5,10H,6H2.